The van der Waals surface area contributed by atoms with Gasteiger partial charge in [0.1, 0.15) is 5.75 Å². The van der Waals surface area contributed by atoms with Gasteiger partial charge in [0.05, 0.1) is 19.6 Å². The Labute approximate surface area is 219 Å². The fourth-order valence-electron chi connectivity index (χ4n) is 4.62. The number of amides is 1. The van der Waals surface area contributed by atoms with Crippen LogP contribution in [-0.2, 0) is 4.79 Å². The Balaban J connectivity index is 1.80. The van der Waals surface area contributed by atoms with Gasteiger partial charge in [-0.05, 0) is 73.7 Å². The van der Waals surface area contributed by atoms with Crippen molar-refractivity contribution in [1.82, 2.24) is 5.32 Å². The fraction of sp³-hybridized carbons (Fsp3) is 0.414. The minimum atomic E-state index is -0.948. The summed E-state index contributed by atoms with van der Waals surface area (Å²) in [5.74, 6) is -0.0642. The zero-order valence-electron chi connectivity index (χ0n) is 21.7. The van der Waals surface area contributed by atoms with Crippen LogP contribution in [0, 0.1) is 11.3 Å². The highest BCUT2D eigenvalue weighted by Gasteiger charge is 2.28. The highest BCUT2D eigenvalue weighted by atomic mass is 16.5. The lowest BCUT2D eigenvalue weighted by Crippen LogP contribution is -2.35. The number of rotatable bonds is 13. The van der Waals surface area contributed by atoms with Crippen LogP contribution in [0.5, 0.6) is 5.75 Å². The van der Waals surface area contributed by atoms with Gasteiger partial charge in [0.15, 0.2) is 0 Å². The summed E-state index contributed by atoms with van der Waals surface area (Å²) in [6.45, 7) is 2.09. The number of nitrogens with one attached hydrogen (secondary N) is 4. The van der Waals surface area contributed by atoms with Crippen molar-refractivity contribution in [2.45, 2.75) is 57.9 Å². The molecule has 37 heavy (non-hydrogen) atoms. The molecular formula is C29H38N4O4. The van der Waals surface area contributed by atoms with Crippen molar-refractivity contribution < 1.29 is 19.4 Å². The van der Waals surface area contributed by atoms with E-state index in [0.29, 0.717) is 23.6 Å². The molecule has 0 spiro atoms. The van der Waals surface area contributed by atoms with Crippen LogP contribution in [-0.4, -0.2) is 42.4 Å². The first-order chi connectivity index (χ1) is 17.9. The van der Waals surface area contributed by atoms with E-state index in [1.807, 2.05) is 49.5 Å². The van der Waals surface area contributed by atoms with Gasteiger partial charge >= 0.3 is 5.97 Å². The summed E-state index contributed by atoms with van der Waals surface area (Å²) in [6, 6.07) is 14.9. The third kappa shape index (κ3) is 8.37. The predicted molar refractivity (Wildman–Crippen MR) is 148 cm³/mol. The maximum Gasteiger partial charge on any atom is 0.305 e. The van der Waals surface area contributed by atoms with Gasteiger partial charge in [-0.1, -0.05) is 26.2 Å². The number of methoxy groups -OCH3 is 1. The smallest absolute Gasteiger partial charge is 0.305 e. The molecule has 0 bridgehead atoms. The van der Waals surface area contributed by atoms with Crippen molar-refractivity contribution in [2.24, 2.45) is 5.92 Å². The number of carboxylic acid groups (broad SMARTS) is 1. The van der Waals surface area contributed by atoms with Crippen molar-refractivity contribution in [3.05, 3.63) is 65.9 Å². The summed E-state index contributed by atoms with van der Waals surface area (Å²) in [5, 5.41) is 27.2. The average Bonchev–Trinajstić information content (AvgIpc) is 2.93. The Kier molecular flexibility index (Phi) is 10.6. The van der Waals surface area contributed by atoms with Gasteiger partial charge in [0.25, 0.3) is 5.91 Å². The van der Waals surface area contributed by atoms with Crippen LogP contribution < -0.4 is 20.7 Å². The second kappa shape index (κ2) is 14.1. The van der Waals surface area contributed by atoms with Crippen molar-refractivity contribution in [3.63, 3.8) is 0 Å². The first-order valence-electron chi connectivity index (χ1n) is 13.0. The number of ether oxygens (including phenoxy) is 1. The summed E-state index contributed by atoms with van der Waals surface area (Å²) in [4.78, 5) is 23.0. The summed E-state index contributed by atoms with van der Waals surface area (Å²) in [7, 11) is 1.64. The number of hydrogen-bond acceptors (Lipinski definition) is 6. The van der Waals surface area contributed by atoms with Gasteiger partial charge < -0.3 is 31.2 Å². The monoisotopic (exact) mass is 506 g/mol. The largest absolute Gasteiger partial charge is 0.497 e. The van der Waals surface area contributed by atoms with Gasteiger partial charge in [-0.3, -0.25) is 9.59 Å². The van der Waals surface area contributed by atoms with E-state index in [9.17, 15) is 9.59 Å². The molecule has 8 nitrogen and oxygen atoms in total. The number of carbonyl (C=O) groups is 2. The zero-order valence-corrected chi connectivity index (χ0v) is 21.7. The number of carbonyl (C=O) groups excluding carboxylic acids is 1. The molecule has 198 valence electrons. The number of hydrogen-bond donors (Lipinski definition) is 5. The maximum absolute atomic E-state index is 12.3. The molecule has 2 aromatic carbocycles. The minimum absolute atomic E-state index is 0.0475. The van der Waals surface area contributed by atoms with E-state index < -0.39 is 5.97 Å². The average molecular weight is 507 g/mol. The molecule has 1 atom stereocenters. The first-order valence-corrected chi connectivity index (χ1v) is 13.0. The molecule has 2 aromatic rings. The summed E-state index contributed by atoms with van der Waals surface area (Å²) in [6.07, 6.45) is 8.24. The molecular weight excluding hydrogens is 468 g/mol. The van der Waals surface area contributed by atoms with Crippen LogP contribution in [0.25, 0.3) is 0 Å². The lowest BCUT2D eigenvalue weighted by Gasteiger charge is -2.34. The normalized spacial score (nSPS) is 14.9. The van der Waals surface area contributed by atoms with Gasteiger partial charge in [-0.2, -0.15) is 0 Å². The Morgan fingerprint density at radius 1 is 1.05 bits per heavy atom. The van der Waals surface area contributed by atoms with Crippen molar-refractivity contribution >= 4 is 29.0 Å². The van der Waals surface area contributed by atoms with Crippen molar-refractivity contribution in [3.8, 4) is 5.75 Å². The molecule has 5 N–H and O–H groups in total. The first kappa shape index (κ1) is 27.8. The van der Waals surface area contributed by atoms with Crippen molar-refractivity contribution in [1.29, 1.82) is 5.41 Å². The van der Waals surface area contributed by atoms with E-state index >= 15 is 0 Å². The van der Waals surface area contributed by atoms with Crippen LogP contribution in [0.2, 0.25) is 0 Å². The van der Waals surface area contributed by atoms with Crippen LogP contribution in [0.4, 0.5) is 11.4 Å². The third-order valence-corrected chi connectivity index (χ3v) is 6.74. The molecule has 1 amide bonds. The molecule has 0 aliphatic heterocycles. The maximum atomic E-state index is 12.3. The molecule has 0 radical (unpaired) electrons. The zero-order chi connectivity index (χ0) is 26.6. The second-order valence-electron chi connectivity index (χ2n) is 9.30. The lowest BCUT2D eigenvalue weighted by molar-refractivity contribution is -0.136. The Bertz CT molecular complexity index is 1070. The molecule has 1 aliphatic carbocycles. The number of benzene rings is 2. The molecule has 8 heteroatoms. The van der Waals surface area contributed by atoms with Crippen LogP contribution in [0.15, 0.2) is 60.3 Å². The van der Waals surface area contributed by atoms with Crippen LogP contribution in [0.1, 0.15) is 62.2 Å². The van der Waals surface area contributed by atoms with E-state index in [1.54, 1.807) is 19.2 Å². The molecule has 0 saturated heterocycles. The minimum Gasteiger partial charge on any atom is -0.497 e. The van der Waals surface area contributed by atoms with Crippen LogP contribution in [0.3, 0.4) is 0 Å². The van der Waals surface area contributed by atoms with Gasteiger partial charge in [-0.15, -0.1) is 0 Å². The van der Waals surface area contributed by atoms with E-state index in [2.05, 4.69) is 16.0 Å². The molecule has 1 saturated carbocycles. The fourth-order valence-corrected chi connectivity index (χ4v) is 4.62. The summed E-state index contributed by atoms with van der Waals surface area (Å²) in [5.41, 5.74) is 3.78. The Morgan fingerprint density at radius 2 is 1.70 bits per heavy atom. The van der Waals surface area contributed by atoms with Gasteiger partial charge in [-0.25, -0.2) is 0 Å². The summed E-state index contributed by atoms with van der Waals surface area (Å²) >= 11 is 0. The highest BCUT2D eigenvalue weighted by Crippen LogP contribution is 2.32. The standard InChI is InChI=1S/C29H38N4O4/c1-3-26(30)25(19-32-22-13-15-24(37-2)16-14-22)28(20-7-5-4-6-8-20)33-23-11-9-21(10-12-23)29(36)31-18-17-27(34)35/h9-16,19-20,28,30,32-33H,3-8,17-18H2,1-2H3,(H,31,36)(H,34,35)/b25-19+,30-26?. The third-order valence-electron chi connectivity index (χ3n) is 6.74. The number of carboxylic acids is 1. The van der Waals surface area contributed by atoms with E-state index in [-0.39, 0.29) is 24.9 Å². The molecule has 0 aromatic heterocycles. The lowest BCUT2D eigenvalue weighted by atomic mass is 9.79. The molecule has 0 heterocycles. The topological polar surface area (TPSA) is 124 Å². The quantitative estimate of drug-likeness (QED) is 0.223. The Hall–Kier alpha value is -3.81. The van der Waals surface area contributed by atoms with E-state index in [4.69, 9.17) is 15.3 Å². The number of aliphatic carboxylic acids is 1. The van der Waals surface area contributed by atoms with Crippen molar-refractivity contribution in [2.75, 3.05) is 24.3 Å². The molecule has 1 fully saturated rings. The predicted octanol–water partition coefficient (Wildman–Crippen LogP) is 5.69. The van der Waals surface area contributed by atoms with Gasteiger partial charge in [0.2, 0.25) is 0 Å². The molecule has 1 unspecified atom stereocenters. The Morgan fingerprint density at radius 3 is 2.30 bits per heavy atom. The van der Waals surface area contributed by atoms with Crippen LogP contribution >= 0.6 is 0 Å². The molecule has 3 rings (SSSR count). The van der Waals surface area contributed by atoms with E-state index in [1.165, 1.54) is 19.3 Å². The van der Waals surface area contributed by atoms with E-state index in [0.717, 1.165) is 35.5 Å². The SMILES string of the molecule is CCC(=N)/C(=C\Nc1ccc(OC)cc1)C(Nc1ccc(C(=O)NCCC(=O)O)cc1)C1CCCCC1. The summed E-state index contributed by atoms with van der Waals surface area (Å²) < 4.78 is 5.25. The second-order valence-corrected chi connectivity index (χ2v) is 9.30. The highest BCUT2D eigenvalue weighted by molar-refractivity contribution is 5.99. The number of anilines is 2. The van der Waals surface area contributed by atoms with Gasteiger partial charge in [0, 0.05) is 41.0 Å². The molecule has 1 aliphatic rings.